The van der Waals surface area contributed by atoms with Crippen LogP contribution in [0.4, 0.5) is 5.82 Å². The normalized spacial score (nSPS) is 26.9. The number of hydrogen-bond donors (Lipinski definition) is 1. The van der Waals surface area contributed by atoms with E-state index in [4.69, 9.17) is 0 Å². The fourth-order valence-corrected chi connectivity index (χ4v) is 3.97. The first-order chi connectivity index (χ1) is 10.2. The predicted octanol–water partition coefficient (Wildman–Crippen LogP) is 2.42. The molecule has 0 spiro atoms. The Labute approximate surface area is 126 Å². The molecule has 5 heteroatoms. The number of nitrogens with zero attached hydrogens (tertiary/aromatic N) is 3. The fraction of sp³-hybridized carbons (Fsp3) is 0.688. The highest BCUT2D eigenvalue weighted by molar-refractivity contribution is 5.92. The van der Waals surface area contributed by atoms with E-state index < -0.39 is 0 Å². The van der Waals surface area contributed by atoms with Crippen molar-refractivity contribution in [3.63, 3.8) is 0 Å². The molecule has 1 aromatic rings. The Bertz CT molecular complexity index is 519. The van der Waals surface area contributed by atoms with Gasteiger partial charge in [0.15, 0.2) is 0 Å². The van der Waals surface area contributed by atoms with Gasteiger partial charge in [-0.2, -0.15) is 0 Å². The monoisotopic (exact) mass is 288 g/mol. The summed E-state index contributed by atoms with van der Waals surface area (Å²) in [4.78, 5) is 22.8. The minimum Gasteiger partial charge on any atom is -0.369 e. The van der Waals surface area contributed by atoms with E-state index in [0.29, 0.717) is 17.4 Å². The fourth-order valence-electron chi connectivity index (χ4n) is 3.97. The molecule has 1 heterocycles. The Balaban J connectivity index is 1.62. The van der Waals surface area contributed by atoms with Crippen molar-refractivity contribution in [3.05, 3.63) is 18.1 Å². The number of anilines is 1. The van der Waals surface area contributed by atoms with Crippen molar-refractivity contribution < 1.29 is 4.79 Å². The molecule has 2 saturated carbocycles. The summed E-state index contributed by atoms with van der Waals surface area (Å²) in [6.07, 6.45) is 8.63. The summed E-state index contributed by atoms with van der Waals surface area (Å²) < 4.78 is 0. The van der Waals surface area contributed by atoms with Gasteiger partial charge in [0.1, 0.15) is 11.5 Å². The molecule has 0 aliphatic heterocycles. The van der Waals surface area contributed by atoms with Crippen LogP contribution in [0.15, 0.2) is 12.4 Å². The highest BCUT2D eigenvalue weighted by Gasteiger charge is 2.40. The molecule has 1 amide bonds. The van der Waals surface area contributed by atoms with Gasteiger partial charge >= 0.3 is 0 Å². The van der Waals surface area contributed by atoms with E-state index >= 15 is 0 Å². The zero-order valence-corrected chi connectivity index (χ0v) is 12.9. The largest absolute Gasteiger partial charge is 0.369 e. The van der Waals surface area contributed by atoms with E-state index in [1.807, 2.05) is 18.9 Å². The molecule has 0 radical (unpaired) electrons. The molecule has 1 aromatic heterocycles. The van der Waals surface area contributed by atoms with Crippen molar-refractivity contribution in [2.24, 2.45) is 17.8 Å². The van der Waals surface area contributed by atoms with Crippen LogP contribution in [-0.2, 0) is 0 Å². The number of fused-ring (bicyclic) bond motifs is 2. The van der Waals surface area contributed by atoms with Crippen molar-refractivity contribution in [1.29, 1.82) is 0 Å². The second-order valence-electron chi connectivity index (χ2n) is 6.44. The van der Waals surface area contributed by atoms with Gasteiger partial charge in [-0.3, -0.25) is 9.78 Å². The van der Waals surface area contributed by atoms with Crippen LogP contribution >= 0.6 is 0 Å². The van der Waals surface area contributed by atoms with Crippen LogP contribution in [0.3, 0.4) is 0 Å². The number of rotatable bonds is 5. The SMILES string of the molecule is CCNc1cncc(C(=O)N(C)CC2CC3CCC2C3)n1. The van der Waals surface area contributed by atoms with Gasteiger partial charge in [0.25, 0.3) is 5.91 Å². The molecule has 0 saturated heterocycles. The van der Waals surface area contributed by atoms with Crippen LogP contribution in [0.25, 0.3) is 0 Å². The molecule has 5 nitrogen and oxygen atoms in total. The molecule has 2 aliphatic rings. The molecule has 2 fully saturated rings. The number of aromatic nitrogens is 2. The van der Waals surface area contributed by atoms with E-state index in [1.54, 1.807) is 12.4 Å². The molecule has 114 valence electrons. The van der Waals surface area contributed by atoms with Crippen LogP contribution in [-0.4, -0.2) is 40.9 Å². The van der Waals surface area contributed by atoms with Gasteiger partial charge in [0.05, 0.1) is 12.4 Å². The summed E-state index contributed by atoms with van der Waals surface area (Å²) in [6, 6.07) is 0. The summed E-state index contributed by atoms with van der Waals surface area (Å²) in [7, 11) is 1.88. The molecule has 3 unspecified atom stereocenters. The predicted molar refractivity (Wildman–Crippen MR) is 82.1 cm³/mol. The van der Waals surface area contributed by atoms with Crippen LogP contribution in [0.1, 0.15) is 43.1 Å². The number of carbonyl (C=O) groups is 1. The maximum atomic E-state index is 12.5. The lowest BCUT2D eigenvalue weighted by Crippen LogP contribution is -2.34. The van der Waals surface area contributed by atoms with Crippen molar-refractivity contribution in [2.45, 2.75) is 32.6 Å². The Kier molecular flexibility index (Phi) is 4.08. The summed E-state index contributed by atoms with van der Waals surface area (Å²) in [6.45, 7) is 3.62. The molecule has 2 bridgehead atoms. The highest BCUT2D eigenvalue weighted by atomic mass is 16.2. The lowest BCUT2D eigenvalue weighted by Gasteiger charge is -2.27. The van der Waals surface area contributed by atoms with Crippen molar-refractivity contribution >= 4 is 11.7 Å². The molecular formula is C16H24N4O. The molecular weight excluding hydrogens is 264 g/mol. The quantitative estimate of drug-likeness (QED) is 0.904. The Hall–Kier alpha value is -1.65. The van der Waals surface area contributed by atoms with Crippen molar-refractivity contribution in [1.82, 2.24) is 14.9 Å². The summed E-state index contributed by atoms with van der Waals surface area (Å²) >= 11 is 0. The van der Waals surface area contributed by atoms with E-state index in [0.717, 1.165) is 24.9 Å². The number of nitrogens with one attached hydrogen (secondary N) is 1. The molecule has 0 aromatic carbocycles. The second-order valence-corrected chi connectivity index (χ2v) is 6.44. The minimum absolute atomic E-state index is 0.0231. The third-order valence-electron chi connectivity index (χ3n) is 4.95. The summed E-state index contributed by atoms with van der Waals surface area (Å²) in [5.74, 6) is 3.08. The topological polar surface area (TPSA) is 58.1 Å². The standard InChI is InChI=1S/C16H24N4O/c1-3-18-15-9-17-8-14(19-15)16(21)20(2)10-13-7-11-4-5-12(13)6-11/h8-9,11-13H,3-7,10H2,1-2H3,(H,18,19). The average Bonchev–Trinajstić information content (AvgIpc) is 3.09. The van der Waals surface area contributed by atoms with Gasteiger partial charge in [-0.05, 0) is 43.9 Å². The second kappa shape index (κ2) is 6.00. The average molecular weight is 288 g/mol. The highest BCUT2D eigenvalue weighted by Crippen LogP contribution is 2.48. The van der Waals surface area contributed by atoms with E-state index in [1.165, 1.54) is 25.7 Å². The molecule has 3 rings (SSSR count). The zero-order valence-electron chi connectivity index (χ0n) is 12.9. The van der Waals surface area contributed by atoms with Gasteiger partial charge in [0, 0.05) is 20.1 Å². The summed E-state index contributed by atoms with van der Waals surface area (Å²) in [5, 5.41) is 3.09. The molecule has 3 atom stereocenters. The lowest BCUT2D eigenvalue weighted by molar-refractivity contribution is 0.0748. The Morgan fingerprint density at radius 2 is 2.24 bits per heavy atom. The van der Waals surface area contributed by atoms with Gasteiger partial charge in [0.2, 0.25) is 0 Å². The van der Waals surface area contributed by atoms with E-state index in [2.05, 4.69) is 15.3 Å². The maximum absolute atomic E-state index is 12.5. The molecule has 1 N–H and O–H groups in total. The lowest BCUT2D eigenvalue weighted by atomic mass is 9.88. The zero-order chi connectivity index (χ0) is 14.8. The van der Waals surface area contributed by atoms with Crippen molar-refractivity contribution in [3.8, 4) is 0 Å². The van der Waals surface area contributed by atoms with E-state index in [9.17, 15) is 4.79 Å². The van der Waals surface area contributed by atoms with Gasteiger partial charge in [-0.25, -0.2) is 4.98 Å². The Morgan fingerprint density at radius 1 is 1.38 bits per heavy atom. The third kappa shape index (κ3) is 3.01. The Morgan fingerprint density at radius 3 is 2.90 bits per heavy atom. The third-order valence-corrected chi connectivity index (χ3v) is 4.95. The maximum Gasteiger partial charge on any atom is 0.273 e. The first-order valence-corrected chi connectivity index (χ1v) is 7.98. The van der Waals surface area contributed by atoms with Gasteiger partial charge in [-0.15, -0.1) is 0 Å². The number of hydrogen-bond acceptors (Lipinski definition) is 4. The molecule has 2 aliphatic carbocycles. The summed E-state index contributed by atoms with van der Waals surface area (Å²) in [5.41, 5.74) is 0.430. The van der Waals surface area contributed by atoms with Crippen LogP contribution in [0, 0.1) is 17.8 Å². The van der Waals surface area contributed by atoms with Crippen LogP contribution < -0.4 is 5.32 Å². The van der Waals surface area contributed by atoms with Crippen LogP contribution in [0.2, 0.25) is 0 Å². The minimum atomic E-state index is -0.0231. The smallest absolute Gasteiger partial charge is 0.273 e. The number of carbonyl (C=O) groups excluding carboxylic acids is 1. The first kappa shape index (κ1) is 14.3. The van der Waals surface area contributed by atoms with Gasteiger partial charge in [-0.1, -0.05) is 6.42 Å². The van der Waals surface area contributed by atoms with E-state index in [-0.39, 0.29) is 5.91 Å². The van der Waals surface area contributed by atoms with Gasteiger partial charge < -0.3 is 10.2 Å². The first-order valence-electron chi connectivity index (χ1n) is 7.98. The van der Waals surface area contributed by atoms with Crippen molar-refractivity contribution in [2.75, 3.05) is 25.5 Å². The number of amides is 1. The van der Waals surface area contributed by atoms with Crippen LogP contribution in [0.5, 0.6) is 0 Å². The molecule has 21 heavy (non-hydrogen) atoms.